The van der Waals surface area contributed by atoms with E-state index in [1.807, 2.05) is 30.3 Å². The van der Waals surface area contributed by atoms with Crippen molar-refractivity contribution >= 4 is 11.5 Å². The molecule has 0 unspecified atom stereocenters. The summed E-state index contributed by atoms with van der Waals surface area (Å²) in [5.74, 6) is 0.973. The number of nitrogens with two attached hydrogens (primary N) is 1. The number of ether oxygens (including phenoxy) is 2. The third-order valence-electron chi connectivity index (χ3n) is 3.82. The van der Waals surface area contributed by atoms with Crippen LogP contribution >= 0.6 is 0 Å². The van der Waals surface area contributed by atoms with Gasteiger partial charge in [-0.25, -0.2) is 0 Å². The van der Waals surface area contributed by atoms with Gasteiger partial charge in [0, 0.05) is 17.3 Å². The summed E-state index contributed by atoms with van der Waals surface area (Å²) >= 11 is 0. The van der Waals surface area contributed by atoms with Gasteiger partial charge in [0.25, 0.3) is 0 Å². The molecular formula is C21H19NO3. The molecule has 0 aliphatic heterocycles. The third kappa shape index (κ3) is 3.98. The second kappa shape index (κ2) is 7.53. The average Bonchev–Trinajstić information content (AvgIpc) is 2.66. The molecule has 0 aromatic heterocycles. The molecule has 0 saturated heterocycles. The first-order valence-corrected chi connectivity index (χ1v) is 7.92. The van der Waals surface area contributed by atoms with Gasteiger partial charge in [-0.15, -0.1) is 0 Å². The van der Waals surface area contributed by atoms with Gasteiger partial charge in [-0.3, -0.25) is 4.79 Å². The fourth-order valence-electron chi connectivity index (χ4n) is 2.51. The van der Waals surface area contributed by atoms with E-state index in [-0.39, 0.29) is 5.78 Å². The highest BCUT2D eigenvalue weighted by atomic mass is 16.5. The Labute approximate surface area is 146 Å². The Morgan fingerprint density at radius 1 is 0.960 bits per heavy atom. The van der Waals surface area contributed by atoms with Crippen molar-refractivity contribution in [1.29, 1.82) is 0 Å². The van der Waals surface area contributed by atoms with Crippen molar-refractivity contribution in [2.45, 2.75) is 6.61 Å². The molecule has 2 N–H and O–H groups in total. The predicted octanol–water partition coefficient (Wildman–Crippen LogP) is 4.09. The number of carbonyl (C=O) groups excluding carboxylic acids is 1. The number of hydrogen-bond donors (Lipinski definition) is 1. The van der Waals surface area contributed by atoms with Gasteiger partial charge < -0.3 is 15.2 Å². The number of nitrogen functional groups attached to an aromatic ring is 1. The van der Waals surface area contributed by atoms with Gasteiger partial charge in [0.1, 0.15) is 18.1 Å². The largest absolute Gasteiger partial charge is 0.497 e. The maximum absolute atomic E-state index is 12.9. The third-order valence-corrected chi connectivity index (χ3v) is 3.82. The lowest BCUT2D eigenvalue weighted by Crippen LogP contribution is -2.06. The van der Waals surface area contributed by atoms with E-state index in [0.29, 0.717) is 34.9 Å². The van der Waals surface area contributed by atoms with Crippen LogP contribution in [0.2, 0.25) is 0 Å². The molecule has 0 spiro atoms. The van der Waals surface area contributed by atoms with Crippen LogP contribution in [0.15, 0.2) is 72.8 Å². The van der Waals surface area contributed by atoms with Crippen LogP contribution in [0.4, 0.5) is 5.69 Å². The molecule has 0 bridgehead atoms. The molecule has 0 aliphatic carbocycles. The van der Waals surface area contributed by atoms with E-state index in [9.17, 15) is 4.79 Å². The summed E-state index contributed by atoms with van der Waals surface area (Å²) < 4.78 is 11.2. The standard InChI is InChI=1S/C21H19NO3/c1-24-18-10-11-19(21(23)16-8-5-9-17(22)12-16)20(13-18)25-14-15-6-3-2-4-7-15/h2-13H,14,22H2,1H3. The van der Waals surface area contributed by atoms with E-state index in [0.717, 1.165) is 5.56 Å². The van der Waals surface area contributed by atoms with E-state index in [1.54, 1.807) is 49.6 Å². The van der Waals surface area contributed by atoms with E-state index in [1.165, 1.54) is 0 Å². The lowest BCUT2D eigenvalue weighted by atomic mass is 10.0. The van der Waals surface area contributed by atoms with Crippen LogP contribution in [0, 0.1) is 0 Å². The van der Waals surface area contributed by atoms with E-state index >= 15 is 0 Å². The van der Waals surface area contributed by atoms with Crippen LogP contribution in [0.25, 0.3) is 0 Å². The van der Waals surface area contributed by atoms with E-state index in [2.05, 4.69) is 0 Å². The molecule has 0 amide bonds. The summed E-state index contributed by atoms with van der Waals surface area (Å²) in [4.78, 5) is 12.9. The zero-order valence-corrected chi connectivity index (χ0v) is 13.9. The number of anilines is 1. The molecule has 4 heteroatoms. The molecule has 3 aromatic rings. The van der Waals surface area contributed by atoms with Crippen LogP contribution in [-0.4, -0.2) is 12.9 Å². The van der Waals surface area contributed by atoms with Crippen LogP contribution in [0.3, 0.4) is 0 Å². The lowest BCUT2D eigenvalue weighted by molar-refractivity contribution is 0.103. The second-order valence-corrected chi connectivity index (χ2v) is 5.59. The van der Waals surface area contributed by atoms with Crippen LogP contribution < -0.4 is 15.2 Å². The molecule has 0 heterocycles. The quantitative estimate of drug-likeness (QED) is 0.545. The molecule has 0 atom stereocenters. The second-order valence-electron chi connectivity index (χ2n) is 5.59. The van der Waals surface area contributed by atoms with Gasteiger partial charge in [-0.05, 0) is 29.8 Å². The molecule has 0 fully saturated rings. The highest BCUT2D eigenvalue weighted by Gasteiger charge is 2.16. The van der Waals surface area contributed by atoms with Crippen LogP contribution in [0.5, 0.6) is 11.5 Å². The van der Waals surface area contributed by atoms with Crippen molar-refractivity contribution < 1.29 is 14.3 Å². The monoisotopic (exact) mass is 333 g/mol. The zero-order chi connectivity index (χ0) is 17.6. The molecule has 126 valence electrons. The molecule has 3 rings (SSSR count). The van der Waals surface area contributed by atoms with Crippen molar-refractivity contribution in [2.75, 3.05) is 12.8 Å². The zero-order valence-electron chi connectivity index (χ0n) is 13.9. The number of hydrogen-bond acceptors (Lipinski definition) is 4. The lowest BCUT2D eigenvalue weighted by Gasteiger charge is -2.13. The van der Waals surface area contributed by atoms with Crippen molar-refractivity contribution in [1.82, 2.24) is 0 Å². The maximum atomic E-state index is 12.9. The molecule has 4 nitrogen and oxygen atoms in total. The Bertz CT molecular complexity index is 875. The Balaban J connectivity index is 1.91. The summed E-state index contributed by atoms with van der Waals surface area (Å²) in [5.41, 5.74) is 8.35. The Morgan fingerprint density at radius 2 is 1.76 bits per heavy atom. The molecule has 3 aromatic carbocycles. The van der Waals surface area contributed by atoms with Crippen molar-refractivity contribution in [3.63, 3.8) is 0 Å². The molecule has 0 saturated carbocycles. The van der Waals surface area contributed by atoms with Gasteiger partial charge >= 0.3 is 0 Å². The summed E-state index contributed by atoms with van der Waals surface area (Å²) in [5, 5.41) is 0. The molecule has 0 aliphatic rings. The average molecular weight is 333 g/mol. The molecule has 25 heavy (non-hydrogen) atoms. The SMILES string of the molecule is COc1ccc(C(=O)c2cccc(N)c2)c(OCc2ccccc2)c1. The minimum atomic E-state index is -0.141. The number of rotatable bonds is 6. The van der Waals surface area contributed by atoms with E-state index in [4.69, 9.17) is 15.2 Å². The maximum Gasteiger partial charge on any atom is 0.196 e. The highest BCUT2D eigenvalue weighted by Crippen LogP contribution is 2.28. The number of methoxy groups -OCH3 is 1. The number of ketones is 1. The summed E-state index contributed by atoms with van der Waals surface area (Å²) in [6.07, 6.45) is 0. The molecular weight excluding hydrogens is 314 g/mol. The van der Waals surface area contributed by atoms with Gasteiger partial charge in [-0.1, -0.05) is 42.5 Å². The fourth-order valence-corrected chi connectivity index (χ4v) is 2.51. The smallest absolute Gasteiger partial charge is 0.196 e. The van der Waals surface area contributed by atoms with Crippen molar-refractivity contribution in [3.05, 3.63) is 89.5 Å². The van der Waals surface area contributed by atoms with Crippen LogP contribution in [-0.2, 0) is 6.61 Å². The van der Waals surface area contributed by atoms with Crippen molar-refractivity contribution in [3.8, 4) is 11.5 Å². The minimum Gasteiger partial charge on any atom is -0.497 e. The first-order chi connectivity index (χ1) is 12.2. The highest BCUT2D eigenvalue weighted by molar-refractivity contribution is 6.11. The fraction of sp³-hybridized carbons (Fsp3) is 0.0952. The Hall–Kier alpha value is -3.27. The van der Waals surface area contributed by atoms with Crippen LogP contribution in [0.1, 0.15) is 21.5 Å². The van der Waals surface area contributed by atoms with Gasteiger partial charge in [0.15, 0.2) is 5.78 Å². The van der Waals surface area contributed by atoms with Gasteiger partial charge in [0.05, 0.1) is 12.7 Å². The number of benzene rings is 3. The van der Waals surface area contributed by atoms with Crippen molar-refractivity contribution in [2.24, 2.45) is 0 Å². The van der Waals surface area contributed by atoms with Gasteiger partial charge in [0.2, 0.25) is 0 Å². The Kier molecular flexibility index (Phi) is 5.00. The number of carbonyl (C=O) groups is 1. The van der Waals surface area contributed by atoms with Gasteiger partial charge in [-0.2, -0.15) is 0 Å². The normalized spacial score (nSPS) is 10.3. The summed E-state index contributed by atoms with van der Waals surface area (Å²) in [7, 11) is 1.58. The summed E-state index contributed by atoms with van der Waals surface area (Å²) in [6, 6.07) is 21.9. The molecule has 0 radical (unpaired) electrons. The first kappa shape index (κ1) is 16.6. The van der Waals surface area contributed by atoms with E-state index < -0.39 is 0 Å². The summed E-state index contributed by atoms with van der Waals surface area (Å²) in [6.45, 7) is 0.366. The topological polar surface area (TPSA) is 61.5 Å². The minimum absolute atomic E-state index is 0.141. The Morgan fingerprint density at radius 3 is 2.48 bits per heavy atom. The predicted molar refractivity (Wildman–Crippen MR) is 98.1 cm³/mol. The first-order valence-electron chi connectivity index (χ1n) is 7.92.